The zero-order chi connectivity index (χ0) is 11.4. The van der Waals surface area contributed by atoms with Gasteiger partial charge in [-0.05, 0) is 18.8 Å². The molecular weight excluding hydrogens is 208 g/mol. The van der Waals surface area contributed by atoms with Crippen molar-refractivity contribution in [3.05, 3.63) is 18.2 Å². The predicted molar refractivity (Wildman–Crippen MR) is 58.8 cm³/mol. The Morgan fingerprint density at radius 2 is 1.75 bits per heavy atom. The Balaban J connectivity index is 1.88. The minimum Gasteiger partial charge on any atom is -0.508 e. The van der Waals surface area contributed by atoms with Gasteiger partial charge in [-0.3, -0.25) is 0 Å². The fourth-order valence-corrected chi connectivity index (χ4v) is 1.78. The van der Waals surface area contributed by atoms with Crippen molar-refractivity contribution in [1.29, 1.82) is 0 Å². The summed E-state index contributed by atoms with van der Waals surface area (Å²) in [6, 6.07) is 4.28. The smallest absolute Gasteiger partial charge is 0.126 e. The molecule has 0 radical (unpaired) electrons. The number of aromatic hydroxyl groups is 2. The van der Waals surface area contributed by atoms with Crippen LogP contribution in [0.3, 0.4) is 0 Å². The number of phenolic OH excluding ortho intramolecular Hbond substituents is 2. The van der Waals surface area contributed by atoms with Gasteiger partial charge in [-0.25, -0.2) is 0 Å². The Kier molecular flexibility index (Phi) is 3.51. The van der Waals surface area contributed by atoms with E-state index in [1.54, 1.807) is 0 Å². The molecule has 0 aliphatic carbocycles. The lowest BCUT2D eigenvalue weighted by Gasteiger charge is -2.22. The molecule has 1 heterocycles. The van der Waals surface area contributed by atoms with Gasteiger partial charge in [-0.1, -0.05) is 0 Å². The maximum atomic E-state index is 9.27. The number of hydrogen-bond acceptors (Lipinski definition) is 4. The summed E-state index contributed by atoms with van der Waals surface area (Å²) in [5.74, 6) is 1.03. The van der Waals surface area contributed by atoms with Crippen LogP contribution in [0.2, 0.25) is 0 Å². The number of rotatable bonds is 3. The second-order valence-corrected chi connectivity index (χ2v) is 4.05. The van der Waals surface area contributed by atoms with Crippen molar-refractivity contribution < 1.29 is 19.7 Å². The van der Waals surface area contributed by atoms with Gasteiger partial charge in [0, 0.05) is 31.4 Å². The fraction of sp³-hybridized carbons (Fsp3) is 0.500. The molecule has 1 fully saturated rings. The zero-order valence-corrected chi connectivity index (χ0v) is 9.06. The zero-order valence-electron chi connectivity index (χ0n) is 9.06. The van der Waals surface area contributed by atoms with Crippen LogP contribution in [0.1, 0.15) is 12.8 Å². The molecule has 16 heavy (non-hydrogen) atoms. The van der Waals surface area contributed by atoms with E-state index in [0.717, 1.165) is 26.1 Å². The van der Waals surface area contributed by atoms with Crippen LogP contribution in [0, 0.1) is 5.92 Å². The molecule has 1 aliphatic rings. The van der Waals surface area contributed by atoms with E-state index < -0.39 is 0 Å². The maximum Gasteiger partial charge on any atom is 0.126 e. The van der Waals surface area contributed by atoms with Gasteiger partial charge in [-0.15, -0.1) is 0 Å². The lowest BCUT2D eigenvalue weighted by molar-refractivity contribution is 0.0497. The first-order valence-electron chi connectivity index (χ1n) is 5.47. The molecule has 1 aromatic carbocycles. The monoisotopic (exact) mass is 224 g/mol. The minimum absolute atomic E-state index is 0.0157. The Labute approximate surface area is 94.4 Å². The van der Waals surface area contributed by atoms with E-state index in [-0.39, 0.29) is 11.5 Å². The lowest BCUT2D eigenvalue weighted by atomic mass is 10.0. The van der Waals surface area contributed by atoms with Crippen LogP contribution in [0.5, 0.6) is 17.2 Å². The minimum atomic E-state index is 0.0157. The van der Waals surface area contributed by atoms with E-state index in [0.29, 0.717) is 18.3 Å². The van der Waals surface area contributed by atoms with Crippen LogP contribution < -0.4 is 4.74 Å². The first-order valence-corrected chi connectivity index (χ1v) is 5.47. The van der Waals surface area contributed by atoms with Gasteiger partial charge in [-0.2, -0.15) is 0 Å². The first kappa shape index (κ1) is 11.1. The summed E-state index contributed by atoms with van der Waals surface area (Å²) in [5, 5.41) is 18.5. The van der Waals surface area contributed by atoms with Crippen molar-refractivity contribution in [3.8, 4) is 17.2 Å². The summed E-state index contributed by atoms with van der Waals surface area (Å²) in [6.07, 6.45) is 2.01. The molecule has 0 amide bonds. The SMILES string of the molecule is Oc1cc(O)cc(OCC2CCOCC2)c1. The molecule has 0 atom stereocenters. The predicted octanol–water partition coefficient (Wildman–Crippen LogP) is 1.90. The summed E-state index contributed by atoms with van der Waals surface area (Å²) in [7, 11) is 0. The highest BCUT2D eigenvalue weighted by Crippen LogP contribution is 2.26. The van der Waals surface area contributed by atoms with E-state index in [9.17, 15) is 10.2 Å². The first-order chi connectivity index (χ1) is 7.74. The number of ether oxygens (including phenoxy) is 2. The molecule has 1 aromatic rings. The van der Waals surface area contributed by atoms with Crippen LogP contribution >= 0.6 is 0 Å². The average molecular weight is 224 g/mol. The largest absolute Gasteiger partial charge is 0.508 e. The lowest BCUT2D eigenvalue weighted by Crippen LogP contribution is -2.21. The standard InChI is InChI=1S/C12H16O4/c13-10-5-11(14)7-12(6-10)16-8-9-1-3-15-4-2-9/h5-7,9,13-14H,1-4,8H2. The summed E-state index contributed by atoms with van der Waals surface area (Å²) in [5.41, 5.74) is 0. The second-order valence-electron chi connectivity index (χ2n) is 4.05. The van der Waals surface area contributed by atoms with E-state index in [2.05, 4.69) is 0 Å². The van der Waals surface area contributed by atoms with E-state index in [4.69, 9.17) is 9.47 Å². The highest BCUT2D eigenvalue weighted by atomic mass is 16.5. The van der Waals surface area contributed by atoms with Crippen molar-refractivity contribution in [3.63, 3.8) is 0 Å². The van der Waals surface area contributed by atoms with Gasteiger partial charge < -0.3 is 19.7 Å². The molecule has 2 rings (SSSR count). The van der Waals surface area contributed by atoms with Gasteiger partial charge in [0.15, 0.2) is 0 Å². The Morgan fingerprint density at radius 1 is 1.12 bits per heavy atom. The summed E-state index contributed by atoms with van der Waals surface area (Å²) in [4.78, 5) is 0. The molecule has 0 spiro atoms. The highest BCUT2D eigenvalue weighted by Gasteiger charge is 2.14. The van der Waals surface area contributed by atoms with Crippen molar-refractivity contribution in [2.45, 2.75) is 12.8 Å². The molecule has 1 aliphatic heterocycles. The van der Waals surface area contributed by atoms with Crippen LogP contribution in [-0.4, -0.2) is 30.0 Å². The van der Waals surface area contributed by atoms with Crippen molar-refractivity contribution in [1.82, 2.24) is 0 Å². The molecule has 4 heteroatoms. The maximum absolute atomic E-state index is 9.27. The molecule has 1 saturated heterocycles. The van der Waals surface area contributed by atoms with Crippen molar-refractivity contribution in [2.75, 3.05) is 19.8 Å². The Morgan fingerprint density at radius 3 is 2.38 bits per heavy atom. The average Bonchev–Trinajstić information content (AvgIpc) is 2.27. The third-order valence-electron chi connectivity index (χ3n) is 2.70. The number of hydrogen-bond donors (Lipinski definition) is 2. The summed E-state index contributed by atoms with van der Waals surface area (Å²) < 4.78 is 10.8. The van der Waals surface area contributed by atoms with Crippen LogP contribution in [0.15, 0.2) is 18.2 Å². The molecule has 0 bridgehead atoms. The Bertz CT molecular complexity index is 325. The van der Waals surface area contributed by atoms with Crippen molar-refractivity contribution >= 4 is 0 Å². The molecule has 0 unspecified atom stereocenters. The van der Waals surface area contributed by atoms with Crippen LogP contribution in [-0.2, 0) is 4.74 Å². The third kappa shape index (κ3) is 3.03. The molecule has 4 nitrogen and oxygen atoms in total. The summed E-state index contributed by atoms with van der Waals surface area (Å²) >= 11 is 0. The van der Waals surface area contributed by atoms with E-state index in [1.807, 2.05) is 0 Å². The fourth-order valence-electron chi connectivity index (χ4n) is 1.78. The van der Waals surface area contributed by atoms with Gasteiger partial charge in [0.05, 0.1) is 6.61 Å². The van der Waals surface area contributed by atoms with Gasteiger partial charge >= 0.3 is 0 Å². The van der Waals surface area contributed by atoms with Gasteiger partial charge in [0.1, 0.15) is 17.2 Å². The highest BCUT2D eigenvalue weighted by molar-refractivity contribution is 5.40. The topological polar surface area (TPSA) is 58.9 Å². The van der Waals surface area contributed by atoms with Gasteiger partial charge in [0.25, 0.3) is 0 Å². The van der Waals surface area contributed by atoms with E-state index in [1.165, 1.54) is 18.2 Å². The second kappa shape index (κ2) is 5.07. The van der Waals surface area contributed by atoms with Crippen LogP contribution in [0.4, 0.5) is 0 Å². The Hall–Kier alpha value is -1.42. The van der Waals surface area contributed by atoms with Crippen molar-refractivity contribution in [2.24, 2.45) is 5.92 Å². The molecule has 88 valence electrons. The number of benzene rings is 1. The number of phenols is 2. The molecule has 0 saturated carbocycles. The van der Waals surface area contributed by atoms with E-state index >= 15 is 0 Å². The molecule has 0 aromatic heterocycles. The van der Waals surface area contributed by atoms with Gasteiger partial charge in [0.2, 0.25) is 0 Å². The normalized spacial score (nSPS) is 17.2. The quantitative estimate of drug-likeness (QED) is 0.823. The third-order valence-corrected chi connectivity index (χ3v) is 2.70. The van der Waals surface area contributed by atoms with Crippen LogP contribution in [0.25, 0.3) is 0 Å². The molecule has 2 N–H and O–H groups in total. The molecular formula is C12H16O4. The summed E-state index contributed by atoms with van der Waals surface area (Å²) in [6.45, 7) is 2.19.